The van der Waals surface area contributed by atoms with Crippen LogP contribution < -0.4 is 11.5 Å². The van der Waals surface area contributed by atoms with E-state index in [9.17, 15) is 0 Å². The Hall–Kier alpha value is -0.0800. The molecular formula is C12H24N2. The van der Waals surface area contributed by atoms with E-state index in [1.165, 1.54) is 44.9 Å². The topological polar surface area (TPSA) is 52.0 Å². The summed E-state index contributed by atoms with van der Waals surface area (Å²) in [6, 6.07) is 0.547. The maximum atomic E-state index is 6.05. The lowest BCUT2D eigenvalue weighted by molar-refractivity contribution is 0.172. The third-order valence-corrected chi connectivity index (χ3v) is 4.31. The van der Waals surface area contributed by atoms with E-state index in [1.54, 1.807) is 0 Å². The molecule has 0 aromatic heterocycles. The van der Waals surface area contributed by atoms with E-state index in [2.05, 4.69) is 0 Å². The molecule has 2 heteroatoms. The summed E-state index contributed by atoms with van der Waals surface area (Å²) in [6.07, 6.45) is 10.9. The Morgan fingerprint density at radius 3 is 2.00 bits per heavy atom. The van der Waals surface area contributed by atoms with E-state index >= 15 is 0 Å². The van der Waals surface area contributed by atoms with Gasteiger partial charge in [0, 0.05) is 12.1 Å². The molecule has 82 valence electrons. The maximum Gasteiger partial charge on any atom is 0.0195 e. The van der Waals surface area contributed by atoms with Crippen LogP contribution in [0.3, 0.4) is 0 Å². The molecule has 0 amide bonds. The Morgan fingerprint density at radius 2 is 1.36 bits per heavy atom. The minimum atomic E-state index is 0.273. The van der Waals surface area contributed by atoms with Crippen LogP contribution in [0.5, 0.6) is 0 Å². The van der Waals surface area contributed by atoms with Crippen molar-refractivity contribution < 1.29 is 0 Å². The molecule has 0 saturated heterocycles. The van der Waals surface area contributed by atoms with Crippen LogP contribution in [0.4, 0.5) is 0 Å². The van der Waals surface area contributed by atoms with E-state index in [-0.39, 0.29) is 12.1 Å². The third kappa shape index (κ3) is 2.29. The van der Waals surface area contributed by atoms with E-state index < -0.39 is 0 Å². The van der Waals surface area contributed by atoms with Gasteiger partial charge in [-0.15, -0.1) is 0 Å². The smallest absolute Gasteiger partial charge is 0.0195 e. The summed E-state index contributed by atoms with van der Waals surface area (Å²) in [5, 5.41) is 0. The fourth-order valence-electron chi connectivity index (χ4n) is 3.30. The lowest BCUT2D eigenvalue weighted by Gasteiger charge is -2.38. The molecular weight excluding hydrogens is 172 g/mol. The van der Waals surface area contributed by atoms with Gasteiger partial charge in [-0.1, -0.05) is 32.1 Å². The number of hydrogen-bond acceptors (Lipinski definition) is 2. The van der Waals surface area contributed by atoms with Crippen LogP contribution in [0.15, 0.2) is 0 Å². The van der Waals surface area contributed by atoms with Gasteiger partial charge in [0.1, 0.15) is 0 Å². The van der Waals surface area contributed by atoms with Crippen LogP contribution in [0.25, 0.3) is 0 Å². The Labute approximate surface area is 87.4 Å². The van der Waals surface area contributed by atoms with Gasteiger partial charge < -0.3 is 11.5 Å². The zero-order valence-electron chi connectivity index (χ0n) is 9.12. The standard InChI is InChI=1S/C12H24N2/c13-11-7-6-10(8-12(11)14)9-4-2-1-3-5-9/h9-12H,1-8,13-14H2. The molecule has 0 aromatic rings. The fourth-order valence-corrected chi connectivity index (χ4v) is 3.30. The highest BCUT2D eigenvalue weighted by atomic mass is 14.8. The lowest BCUT2D eigenvalue weighted by atomic mass is 9.71. The van der Waals surface area contributed by atoms with Gasteiger partial charge in [0.15, 0.2) is 0 Å². The molecule has 2 aliphatic rings. The van der Waals surface area contributed by atoms with Gasteiger partial charge in [0.25, 0.3) is 0 Å². The Morgan fingerprint density at radius 1 is 0.643 bits per heavy atom. The van der Waals surface area contributed by atoms with Crippen LogP contribution in [0.1, 0.15) is 51.4 Å². The molecule has 0 spiro atoms. The molecule has 2 rings (SSSR count). The second-order valence-corrected chi connectivity index (χ2v) is 5.30. The van der Waals surface area contributed by atoms with E-state index in [1.807, 2.05) is 0 Å². The summed E-state index contributed by atoms with van der Waals surface area (Å²) < 4.78 is 0. The summed E-state index contributed by atoms with van der Waals surface area (Å²) in [7, 11) is 0. The van der Waals surface area contributed by atoms with Crippen molar-refractivity contribution >= 4 is 0 Å². The number of hydrogen-bond donors (Lipinski definition) is 2. The molecule has 3 atom stereocenters. The van der Waals surface area contributed by atoms with Crippen molar-refractivity contribution in [3.8, 4) is 0 Å². The molecule has 0 aromatic carbocycles. The minimum absolute atomic E-state index is 0.273. The van der Waals surface area contributed by atoms with Crippen LogP contribution in [0.2, 0.25) is 0 Å². The summed E-state index contributed by atoms with van der Waals surface area (Å²) in [4.78, 5) is 0. The van der Waals surface area contributed by atoms with Crippen LogP contribution in [0, 0.1) is 11.8 Å². The summed E-state index contributed by atoms with van der Waals surface area (Å²) in [5.74, 6) is 1.87. The second-order valence-electron chi connectivity index (χ2n) is 5.30. The second kappa shape index (κ2) is 4.63. The van der Waals surface area contributed by atoms with Crippen molar-refractivity contribution in [1.82, 2.24) is 0 Å². The largest absolute Gasteiger partial charge is 0.326 e. The zero-order valence-corrected chi connectivity index (χ0v) is 9.12. The molecule has 0 aliphatic heterocycles. The summed E-state index contributed by atoms with van der Waals surface area (Å²) >= 11 is 0. The minimum Gasteiger partial charge on any atom is -0.326 e. The molecule has 4 N–H and O–H groups in total. The van der Waals surface area contributed by atoms with Crippen molar-refractivity contribution in [3.05, 3.63) is 0 Å². The SMILES string of the molecule is NC1CCC(C2CCCCC2)CC1N. The lowest BCUT2D eigenvalue weighted by Crippen LogP contribution is -2.47. The number of nitrogens with two attached hydrogens (primary N) is 2. The van der Waals surface area contributed by atoms with E-state index in [4.69, 9.17) is 11.5 Å². The molecule has 2 aliphatic carbocycles. The average molecular weight is 196 g/mol. The molecule has 3 unspecified atom stereocenters. The Kier molecular flexibility index (Phi) is 3.45. The third-order valence-electron chi connectivity index (χ3n) is 4.31. The van der Waals surface area contributed by atoms with Crippen molar-refractivity contribution in [2.45, 2.75) is 63.5 Å². The molecule has 2 fully saturated rings. The number of rotatable bonds is 1. The molecule has 14 heavy (non-hydrogen) atoms. The first-order valence-electron chi connectivity index (χ1n) is 6.28. The van der Waals surface area contributed by atoms with Crippen molar-refractivity contribution in [1.29, 1.82) is 0 Å². The molecule has 2 nitrogen and oxygen atoms in total. The zero-order chi connectivity index (χ0) is 9.97. The van der Waals surface area contributed by atoms with Gasteiger partial charge in [-0.25, -0.2) is 0 Å². The van der Waals surface area contributed by atoms with Crippen LogP contribution in [-0.2, 0) is 0 Å². The average Bonchev–Trinajstić information content (AvgIpc) is 2.23. The molecule has 2 saturated carbocycles. The molecule has 0 bridgehead atoms. The fraction of sp³-hybridized carbons (Fsp3) is 1.00. The predicted molar refractivity (Wildman–Crippen MR) is 59.9 cm³/mol. The normalized spacial score (nSPS) is 41.1. The van der Waals surface area contributed by atoms with Crippen LogP contribution >= 0.6 is 0 Å². The first-order valence-corrected chi connectivity index (χ1v) is 6.28. The van der Waals surface area contributed by atoms with E-state index in [0.717, 1.165) is 18.3 Å². The van der Waals surface area contributed by atoms with Gasteiger partial charge in [-0.2, -0.15) is 0 Å². The van der Waals surface area contributed by atoms with Crippen molar-refractivity contribution in [3.63, 3.8) is 0 Å². The maximum absolute atomic E-state index is 6.05. The predicted octanol–water partition coefficient (Wildman–Crippen LogP) is 2.02. The first kappa shape index (κ1) is 10.4. The highest BCUT2D eigenvalue weighted by molar-refractivity contribution is 4.88. The van der Waals surface area contributed by atoms with Crippen molar-refractivity contribution in [2.75, 3.05) is 0 Å². The molecule has 0 heterocycles. The van der Waals surface area contributed by atoms with Gasteiger partial charge in [-0.05, 0) is 31.1 Å². The van der Waals surface area contributed by atoms with Gasteiger partial charge in [0.05, 0.1) is 0 Å². The van der Waals surface area contributed by atoms with Crippen LogP contribution in [-0.4, -0.2) is 12.1 Å². The highest BCUT2D eigenvalue weighted by Gasteiger charge is 2.31. The highest BCUT2D eigenvalue weighted by Crippen LogP contribution is 2.37. The van der Waals surface area contributed by atoms with E-state index in [0.29, 0.717) is 0 Å². The van der Waals surface area contributed by atoms with Gasteiger partial charge >= 0.3 is 0 Å². The monoisotopic (exact) mass is 196 g/mol. The summed E-state index contributed by atoms with van der Waals surface area (Å²) in [5.41, 5.74) is 12.0. The van der Waals surface area contributed by atoms with Gasteiger partial charge in [-0.3, -0.25) is 0 Å². The summed E-state index contributed by atoms with van der Waals surface area (Å²) in [6.45, 7) is 0. The quantitative estimate of drug-likeness (QED) is 0.674. The Bertz CT molecular complexity index is 175. The Balaban J connectivity index is 1.85. The van der Waals surface area contributed by atoms with Crippen molar-refractivity contribution in [2.24, 2.45) is 23.3 Å². The molecule has 0 radical (unpaired) electrons. The first-order chi connectivity index (χ1) is 6.77. The van der Waals surface area contributed by atoms with Gasteiger partial charge in [0.2, 0.25) is 0 Å².